The summed E-state index contributed by atoms with van der Waals surface area (Å²) in [6.45, 7) is 5.22. The van der Waals surface area contributed by atoms with Gasteiger partial charge in [0.2, 0.25) is 15.9 Å². The highest BCUT2D eigenvalue weighted by molar-refractivity contribution is 7.89. The van der Waals surface area contributed by atoms with Crippen molar-refractivity contribution in [2.45, 2.75) is 62.6 Å². The Labute approximate surface area is 284 Å². The number of carboxylic acid groups (broad SMARTS) is 1. The van der Waals surface area contributed by atoms with Gasteiger partial charge in [0.05, 0.1) is 30.1 Å². The second-order valence-corrected chi connectivity index (χ2v) is 14.2. The van der Waals surface area contributed by atoms with E-state index in [9.17, 15) is 27.9 Å². The first kappa shape index (κ1) is 36.6. The van der Waals surface area contributed by atoms with Crippen LogP contribution in [0.3, 0.4) is 0 Å². The van der Waals surface area contributed by atoms with Crippen LogP contribution in [-0.4, -0.2) is 84.1 Å². The number of aromatic nitrogens is 1. The van der Waals surface area contributed by atoms with Crippen LogP contribution in [0.2, 0.25) is 5.02 Å². The van der Waals surface area contributed by atoms with Gasteiger partial charge in [0.15, 0.2) is 0 Å². The number of pyridine rings is 1. The molecule has 4 rings (SSSR count). The zero-order chi connectivity index (χ0) is 35.2. The summed E-state index contributed by atoms with van der Waals surface area (Å²) in [4.78, 5) is 43.4. The highest BCUT2D eigenvalue weighted by Gasteiger charge is 2.42. The molecule has 4 atom stereocenters. The molecule has 0 radical (unpaired) electrons. The summed E-state index contributed by atoms with van der Waals surface area (Å²) in [5.74, 6) is -2.12. The predicted molar refractivity (Wildman–Crippen MR) is 178 cm³/mol. The van der Waals surface area contributed by atoms with E-state index in [1.54, 1.807) is 49.4 Å². The molecular formula is C33H39ClFN5O7S. The van der Waals surface area contributed by atoms with E-state index in [-0.39, 0.29) is 48.0 Å². The number of sulfonamides is 1. The summed E-state index contributed by atoms with van der Waals surface area (Å²) in [6.07, 6.45) is 0.148. The number of amides is 3. The largest absolute Gasteiger partial charge is 0.465 e. The number of halogens is 2. The Balaban J connectivity index is 1.65. The van der Waals surface area contributed by atoms with Gasteiger partial charge in [-0.1, -0.05) is 55.8 Å². The summed E-state index contributed by atoms with van der Waals surface area (Å²) in [7, 11) is -2.88. The summed E-state index contributed by atoms with van der Waals surface area (Å²) in [5.41, 5.74) is 0.782. The van der Waals surface area contributed by atoms with Crippen molar-refractivity contribution in [1.82, 2.24) is 19.5 Å². The van der Waals surface area contributed by atoms with Crippen LogP contribution >= 0.6 is 11.6 Å². The third kappa shape index (κ3) is 8.41. The number of carbonyl (C=O) groups excluding carboxylic acids is 2. The Bertz CT molecular complexity index is 1710. The molecule has 1 aliphatic rings. The number of carbonyl (C=O) groups is 3. The van der Waals surface area contributed by atoms with Crippen molar-refractivity contribution in [3.8, 4) is 0 Å². The first-order chi connectivity index (χ1) is 22.7. The molecule has 3 aromatic rings. The Morgan fingerprint density at radius 2 is 1.75 bits per heavy atom. The molecule has 2 aromatic carbocycles. The first-order valence-corrected chi connectivity index (χ1v) is 17.2. The molecule has 258 valence electrons. The molecule has 0 spiro atoms. The molecule has 12 nitrogen and oxygen atoms in total. The lowest BCUT2D eigenvalue weighted by Crippen LogP contribution is -2.60. The number of benzene rings is 2. The monoisotopic (exact) mass is 703 g/mol. The van der Waals surface area contributed by atoms with Crippen molar-refractivity contribution >= 4 is 45.4 Å². The Kier molecular flexibility index (Phi) is 12.0. The fraction of sp³-hybridized carbons (Fsp3) is 0.394. The van der Waals surface area contributed by atoms with Crippen LogP contribution in [0.25, 0.3) is 0 Å². The summed E-state index contributed by atoms with van der Waals surface area (Å²) < 4.78 is 49.1. The van der Waals surface area contributed by atoms with Gasteiger partial charge in [-0.25, -0.2) is 22.4 Å². The molecule has 0 bridgehead atoms. The average molecular weight is 704 g/mol. The van der Waals surface area contributed by atoms with Crippen LogP contribution in [0.15, 0.2) is 71.9 Å². The molecule has 48 heavy (non-hydrogen) atoms. The zero-order valence-electron chi connectivity index (χ0n) is 27.0. The normalized spacial score (nSPS) is 18.2. The van der Waals surface area contributed by atoms with Gasteiger partial charge in [-0.15, -0.1) is 0 Å². The lowest BCUT2D eigenvalue weighted by molar-refractivity contribution is -0.118. The topological polar surface area (TPSA) is 158 Å². The molecule has 1 fully saturated rings. The molecule has 0 saturated carbocycles. The molecule has 1 saturated heterocycles. The highest BCUT2D eigenvalue weighted by Crippen LogP contribution is 2.32. The van der Waals surface area contributed by atoms with Crippen LogP contribution in [0.5, 0.6) is 0 Å². The number of nitrogens with one attached hydrogen (secondary N) is 2. The number of hydrogen-bond donors (Lipinski definition) is 3. The number of alkyl carbamates (subject to hydrolysis) is 1. The fourth-order valence-electron chi connectivity index (χ4n) is 6.19. The van der Waals surface area contributed by atoms with Gasteiger partial charge < -0.3 is 25.4 Å². The van der Waals surface area contributed by atoms with Gasteiger partial charge in [0.1, 0.15) is 11.9 Å². The maximum Gasteiger partial charge on any atom is 0.407 e. The van der Waals surface area contributed by atoms with Gasteiger partial charge in [0.25, 0.3) is 0 Å². The number of piperazine rings is 1. The minimum absolute atomic E-state index is 0.0201. The molecule has 1 aliphatic heterocycles. The van der Waals surface area contributed by atoms with Gasteiger partial charge in [-0.05, 0) is 55.5 Å². The second kappa shape index (κ2) is 15.8. The molecule has 2 unspecified atom stereocenters. The van der Waals surface area contributed by atoms with E-state index in [0.717, 1.165) is 16.7 Å². The number of ether oxygens (including phenoxy) is 1. The minimum Gasteiger partial charge on any atom is -0.465 e. The van der Waals surface area contributed by atoms with Crippen molar-refractivity contribution in [1.29, 1.82) is 0 Å². The van der Waals surface area contributed by atoms with E-state index in [2.05, 4.69) is 15.6 Å². The summed E-state index contributed by atoms with van der Waals surface area (Å²) >= 11 is 6.09. The standard InChI is InChI=1S/C33H39ClFN5O7S/c1-20(2)29(22-10-12-23(34)13-11-22)30(38-32(42)47-4)31(41)37-28-17-36-16-27(35)26(28)15-14-24-19-39(33(43)44)18-21(3)40(24)48(45,46)25-8-6-5-7-9-25/h5-13,16-17,20-21,24,29-30H,14-15,18-19H2,1-4H3,(H,37,41)(H,38,42)(H,43,44)/t21?,24?,29-,30+/m1/s1. The van der Waals surface area contributed by atoms with Crippen molar-refractivity contribution < 1.29 is 37.0 Å². The van der Waals surface area contributed by atoms with Gasteiger partial charge in [-0.2, -0.15) is 4.31 Å². The maximum atomic E-state index is 15.4. The molecular weight excluding hydrogens is 665 g/mol. The predicted octanol–water partition coefficient (Wildman–Crippen LogP) is 5.35. The number of anilines is 1. The van der Waals surface area contributed by atoms with E-state index in [4.69, 9.17) is 16.3 Å². The summed E-state index contributed by atoms with van der Waals surface area (Å²) in [6, 6.07) is 11.9. The lowest BCUT2D eigenvalue weighted by Gasteiger charge is -2.43. The minimum atomic E-state index is -4.05. The lowest BCUT2D eigenvalue weighted by atomic mass is 9.82. The van der Waals surface area contributed by atoms with E-state index in [1.165, 1.54) is 29.7 Å². The second-order valence-electron chi connectivity index (χ2n) is 11.9. The van der Waals surface area contributed by atoms with Gasteiger partial charge in [-0.3, -0.25) is 9.78 Å². The first-order valence-electron chi connectivity index (χ1n) is 15.3. The quantitative estimate of drug-likeness (QED) is 0.241. The smallest absolute Gasteiger partial charge is 0.407 e. The Morgan fingerprint density at radius 1 is 1.08 bits per heavy atom. The van der Waals surface area contributed by atoms with Crippen LogP contribution in [0.1, 0.15) is 44.2 Å². The maximum absolute atomic E-state index is 15.4. The SMILES string of the molecule is COC(=O)N[C@H](C(=O)Nc1cncc(F)c1CCC1CN(C(=O)O)CC(C)N1S(=O)(=O)c1ccccc1)[C@@H](c1ccc(Cl)cc1)C(C)C. The zero-order valence-corrected chi connectivity index (χ0v) is 28.5. The van der Waals surface area contributed by atoms with Crippen molar-refractivity contribution in [2.75, 3.05) is 25.5 Å². The van der Waals surface area contributed by atoms with Crippen LogP contribution in [-0.2, 0) is 26.0 Å². The van der Waals surface area contributed by atoms with Crippen LogP contribution in [0.4, 0.5) is 19.7 Å². The molecule has 15 heteroatoms. The number of methoxy groups -OCH3 is 1. The highest BCUT2D eigenvalue weighted by atomic mass is 35.5. The summed E-state index contributed by atoms with van der Waals surface area (Å²) in [5, 5.41) is 15.6. The Morgan fingerprint density at radius 3 is 2.35 bits per heavy atom. The number of nitrogens with zero attached hydrogens (tertiary/aromatic N) is 3. The third-order valence-electron chi connectivity index (χ3n) is 8.36. The van der Waals surface area contributed by atoms with Crippen molar-refractivity contribution in [3.63, 3.8) is 0 Å². The van der Waals surface area contributed by atoms with Crippen molar-refractivity contribution in [2.24, 2.45) is 5.92 Å². The van der Waals surface area contributed by atoms with Gasteiger partial charge in [0, 0.05) is 41.7 Å². The van der Waals surface area contributed by atoms with E-state index >= 15 is 4.39 Å². The van der Waals surface area contributed by atoms with E-state index in [1.807, 2.05) is 13.8 Å². The van der Waals surface area contributed by atoms with E-state index in [0.29, 0.717) is 5.02 Å². The molecule has 0 aliphatic carbocycles. The van der Waals surface area contributed by atoms with E-state index < -0.39 is 58.0 Å². The fourth-order valence-corrected chi connectivity index (χ4v) is 8.16. The number of rotatable bonds is 11. The molecule has 2 heterocycles. The average Bonchev–Trinajstić information content (AvgIpc) is 3.04. The Hall–Kier alpha value is -4.27. The molecule has 3 N–H and O–H groups in total. The third-order valence-corrected chi connectivity index (χ3v) is 10.7. The number of hydrogen-bond acceptors (Lipinski definition) is 7. The van der Waals surface area contributed by atoms with Crippen LogP contribution in [0, 0.1) is 11.7 Å². The molecule has 1 aromatic heterocycles. The van der Waals surface area contributed by atoms with Crippen LogP contribution < -0.4 is 10.6 Å². The van der Waals surface area contributed by atoms with Crippen molar-refractivity contribution in [3.05, 3.63) is 89.0 Å². The van der Waals surface area contributed by atoms with Gasteiger partial charge >= 0.3 is 12.2 Å². The molecule has 3 amide bonds.